The van der Waals surface area contributed by atoms with E-state index < -0.39 is 0 Å². The zero-order valence-corrected chi connectivity index (χ0v) is 11.9. The van der Waals surface area contributed by atoms with Gasteiger partial charge in [-0.25, -0.2) is 0 Å². The largest absolute Gasteiger partial charge is 0.385 e. The summed E-state index contributed by atoms with van der Waals surface area (Å²) in [7, 11) is 1.66. The van der Waals surface area contributed by atoms with Crippen LogP contribution in [0.15, 0.2) is 24.3 Å². The molecule has 2 rings (SSSR count). The predicted octanol–water partition coefficient (Wildman–Crippen LogP) is 3.28. The van der Waals surface area contributed by atoms with Crippen LogP contribution >= 0.6 is 0 Å². The molecule has 0 spiro atoms. The normalized spacial score (nSPS) is 22.8. The lowest BCUT2D eigenvalue weighted by Crippen LogP contribution is -2.21. The Labute approximate surface area is 115 Å². The molecule has 104 valence electrons. The van der Waals surface area contributed by atoms with Gasteiger partial charge in [0.05, 0.1) is 0 Å². The van der Waals surface area contributed by atoms with Gasteiger partial charge in [-0.15, -0.1) is 0 Å². The molecule has 1 aromatic rings. The summed E-state index contributed by atoms with van der Waals surface area (Å²) in [6.07, 6.45) is 5.35. The Bertz CT molecular complexity index is 423. The highest BCUT2D eigenvalue weighted by Gasteiger charge is 2.17. The average Bonchev–Trinajstić information content (AvgIpc) is 2.46. The molecule has 1 fully saturated rings. The molecule has 0 unspecified atom stereocenters. The Kier molecular flexibility index (Phi) is 4.83. The van der Waals surface area contributed by atoms with Gasteiger partial charge in [0.1, 0.15) is 0 Å². The number of rotatable bonds is 4. The first-order valence-corrected chi connectivity index (χ1v) is 7.25. The molecule has 3 heteroatoms. The average molecular weight is 260 g/mol. The monoisotopic (exact) mass is 260 g/mol. The number of hydrogen-bond acceptors (Lipinski definition) is 2. The third kappa shape index (κ3) is 3.98. The minimum absolute atomic E-state index is 0.0323. The highest BCUT2D eigenvalue weighted by atomic mass is 16.1. The standard InChI is InChI=1S/C16H24N2O/c1-12-6-8-13(9-7-12)11-18-15-5-3-4-14(10-15)16(19)17-2/h3-5,10,12-13,18H,6-9,11H2,1-2H3,(H,17,19). The number of carbonyl (C=O) groups excluding carboxylic acids is 1. The van der Waals surface area contributed by atoms with E-state index in [2.05, 4.69) is 17.6 Å². The lowest BCUT2D eigenvalue weighted by Gasteiger charge is -2.26. The summed E-state index contributed by atoms with van der Waals surface area (Å²) in [4.78, 5) is 11.6. The Morgan fingerprint density at radius 3 is 2.68 bits per heavy atom. The van der Waals surface area contributed by atoms with Crippen LogP contribution in [0.5, 0.6) is 0 Å². The number of hydrogen-bond donors (Lipinski definition) is 2. The van der Waals surface area contributed by atoms with Crippen LogP contribution in [-0.4, -0.2) is 19.5 Å². The van der Waals surface area contributed by atoms with Gasteiger partial charge in [-0.1, -0.05) is 25.8 Å². The molecule has 1 aliphatic rings. The Morgan fingerprint density at radius 2 is 2.00 bits per heavy atom. The Balaban J connectivity index is 1.87. The first-order chi connectivity index (χ1) is 9.19. The summed E-state index contributed by atoms with van der Waals surface area (Å²) in [6.45, 7) is 3.36. The summed E-state index contributed by atoms with van der Waals surface area (Å²) < 4.78 is 0. The van der Waals surface area contributed by atoms with Crippen molar-refractivity contribution in [1.82, 2.24) is 5.32 Å². The number of nitrogens with one attached hydrogen (secondary N) is 2. The number of amides is 1. The molecule has 1 amide bonds. The minimum atomic E-state index is -0.0323. The summed E-state index contributed by atoms with van der Waals surface area (Å²) >= 11 is 0. The SMILES string of the molecule is CNC(=O)c1cccc(NCC2CCC(C)CC2)c1. The van der Waals surface area contributed by atoms with Crippen LogP contribution in [0.3, 0.4) is 0 Å². The summed E-state index contributed by atoms with van der Waals surface area (Å²) in [6, 6.07) is 7.71. The molecule has 0 radical (unpaired) electrons. The molecule has 2 N–H and O–H groups in total. The van der Waals surface area contributed by atoms with Crippen LogP contribution in [0.4, 0.5) is 5.69 Å². The minimum Gasteiger partial charge on any atom is -0.385 e. The molecule has 0 atom stereocenters. The quantitative estimate of drug-likeness (QED) is 0.872. The number of anilines is 1. The van der Waals surface area contributed by atoms with Crippen molar-refractivity contribution in [2.75, 3.05) is 18.9 Å². The van der Waals surface area contributed by atoms with E-state index in [-0.39, 0.29) is 5.91 Å². The molecule has 1 aliphatic carbocycles. The maximum absolute atomic E-state index is 11.6. The third-order valence-corrected chi connectivity index (χ3v) is 4.08. The highest BCUT2D eigenvalue weighted by molar-refractivity contribution is 5.94. The van der Waals surface area contributed by atoms with Gasteiger partial charge in [-0.05, 0) is 42.9 Å². The van der Waals surface area contributed by atoms with Crippen molar-refractivity contribution in [2.24, 2.45) is 11.8 Å². The van der Waals surface area contributed by atoms with Crippen molar-refractivity contribution < 1.29 is 4.79 Å². The van der Waals surface area contributed by atoms with Crippen molar-refractivity contribution in [3.05, 3.63) is 29.8 Å². The van der Waals surface area contributed by atoms with E-state index in [1.807, 2.05) is 24.3 Å². The van der Waals surface area contributed by atoms with Crippen molar-refractivity contribution in [3.8, 4) is 0 Å². The molecule has 0 heterocycles. The molecule has 1 saturated carbocycles. The van der Waals surface area contributed by atoms with E-state index in [4.69, 9.17) is 0 Å². The molecule has 0 aliphatic heterocycles. The summed E-state index contributed by atoms with van der Waals surface area (Å²) in [5, 5.41) is 6.12. The first-order valence-electron chi connectivity index (χ1n) is 7.25. The van der Waals surface area contributed by atoms with Gasteiger partial charge in [-0.2, -0.15) is 0 Å². The van der Waals surface area contributed by atoms with Crippen molar-refractivity contribution in [2.45, 2.75) is 32.6 Å². The molecule has 1 aromatic carbocycles. The van der Waals surface area contributed by atoms with Crippen LogP contribution in [-0.2, 0) is 0 Å². The first kappa shape index (κ1) is 13.9. The molecule has 19 heavy (non-hydrogen) atoms. The second-order valence-electron chi connectivity index (χ2n) is 5.67. The summed E-state index contributed by atoms with van der Waals surface area (Å²) in [5.74, 6) is 1.64. The maximum atomic E-state index is 11.6. The van der Waals surface area contributed by atoms with Gasteiger partial charge in [0.25, 0.3) is 5.91 Å². The fourth-order valence-electron chi connectivity index (χ4n) is 2.71. The van der Waals surface area contributed by atoms with Crippen LogP contribution < -0.4 is 10.6 Å². The smallest absolute Gasteiger partial charge is 0.251 e. The van der Waals surface area contributed by atoms with E-state index in [1.165, 1.54) is 25.7 Å². The Morgan fingerprint density at radius 1 is 1.26 bits per heavy atom. The van der Waals surface area contributed by atoms with Gasteiger partial charge in [0.15, 0.2) is 0 Å². The number of carbonyl (C=O) groups is 1. The molecular weight excluding hydrogens is 236 g/mol. The van der Waals surface area contributed by atoms with Crippen molar-refractivity contribution >= 4 is 11.6 Å². The number of benzene rings is 1. The van der Waals surface area contributed by atoms with Crippen LogP contribution in [0.25, 0.3) is 0 Å². The fraction of sp³-hybridized carbons (Fsp3) is 0.562. The van der Waals surface area contributed by atoms with Gasteiger partial charge in [-0.3, -0.25) is 4.79 Å². The lowest BCUT2D eigenvalue weighted by molar-refractivity contribution is 0.0963. The molecular formula is C16H24N2O. The fourth-order valence-corrected chi connectivity index (χ4v) is 2.71. The van der Waals surface area contributed by atoms with E-state index >= 15 is 0 Å². The van der Waals surface area contributed by atoms with E-state index in [0.29, 0.717) is 5.56 Å². The van der Waals surface area contributed by atoms with Crippen molar-refractivity contribution in [3.63, 3.8) is 0 Å². The summed E-state index contributed by atoms with van der Waals surface area (Å²) in [5.41, 5.74) is 1.75. The topological polar surface area (TPSA) is 41.1 Å². The van der Waals surface area contributed by atoms with Gasteiger partial charge < -0.3 is 10.6 Å². The molecule has 3 nitrogen and oxygen atoms in total. The van der Waals surface area contributed by atoms with Crippen LogP contribution in [0.2, 0.25) is 0 Å². The van der Waals surface area contributed by atoms with E-state index in [0.717, 1.165) is 24.1 Å². The van der Waals surface area contributed by atoms with Gasteiger partial charge in [0, 0.05) is 24.8 Å². The van der Waals surface area contributed by atoms with E-state index in [1.54, 1.807) is 7.05 Å². The molecule has 0 saturated heterocycles. The lowest BCUT2D eigenvalue weighted by atomic mass is 9.83. The van der Waals surface area contributed by atoms with Crippen LogP contribution in [0, 0.1) is 11.8 Å². The van der Waals surface area contributed by atoms with E-state index in [9.17, 15) is 4.79 Å². The third-order valence-electron chi connectivity index (χ3n) is 4.08. The second kappa shape index (κ2) is 6.60. The Hall–Kier alpha value is -1.51. The highest BCUT2D eigenvalue weighted by Crippen LogP contribution is 2.28. The molecule has 0 bridgehead atoms. The maximum Gasteiger partial charge on any atom is 0.251 e. The van der Waals surface area contributed by atoms with Gasteiger partial charge in [0.2, 0.25) is 0 Å². The zero-order chi connectivity index (χ0) is 13.7. The molecule has 0 aromatic heterocycles. The van der Waals surface area contributed by atoms with Crippen molar-refractivity contribution in [1.29, 1.82) is 0 Å². The van der Waals surface area contributed by atoms with Gasteiger partial charge >= 0.3 is 0 Å². The van der Waals surface area contributed by atoms with Crippen LogP contribution in [0.1, 0.15) is 43.0 Å². The second-order valence-corrected chi connectivity index (χ2v) is 5.67. The predicted molar refractivity (Wildman–Crippen MR) is 79.4 cm³/mol. The zero-order valence-electron chi connectivity index (χ0n) is 11.9.